The summed E-state index contributed by atoms with van der Waals surface area (Å²) in [6.07, 6.45) is -0.662. The van der Waals surface area contributed by atoms with Crippen molar-refractivity contribution >= 4 is 18.4 Å². The minimum atomic E-state index is -1.12. The summed E-state index contributed by atoms with van der Waals surface area (Å²) in [7, 11) is 0. The van der Waals surface area contributed by atoms with Gasteiger partial charge in [0.1, 0.15) is 0 Å². The van der Waals surface area contributed by atoms with E-state index in [0.29, 0.717) is 0 Å². The summed E-state index contributed by atoms with van der Waals surface area (Å²) in [4.78, 5) is 37.0. The van der Waals surface area contributed by atoms with Crippen LogP contribution in [-0.4, -0.2) is 23.5 Å². The second-order valence-corrected chi connectivity index (χ2v) is 1.54. The van der Waals surface area contributed by atoms with E-state index in [1.54, 1.807) is 0 Å². The van der Waals surface area contributed by atoms with Crippen molar-refractivity contribution in [3.63, 3.8) is 0 Å². The molecule has 6 heteroatoms. The molecule has 62 valence electrons. The highest BCUT2D eigenvalue weighted by atomic mass is 17.2. The van der Waals surface area contributed by atoms with Gasteiger partial charge in [0.05, 0.1) is 12.8 Å². The lowest BCUT2D eigenvalue weighted by Crippen LogP contribution is -2.07. The molecule has 0 fully saturated rings. The topological polar surface area (TPSA) is 89.9 Å². The first-order valence-corrected chi connectivity index (χ1v) is 2.68. The molecule has 0 aromatic rings. The Balaban J connectivity index is 3.37. The molecule has 0 aliphatic carbocycles. The van der Waals surface area contributed by atoms with Crippen LogP contribution in [0, 0.1) is 0 Å². The van der Waals surface area contributed by atoms with Crippen molar-refractivity contribution in [3.8, 4) is 0 Å². The third kappa shape index (κ3) is 6.29. The van der Waals surface area contributed by atoms with E-state index in [4.69, 9.17) is 5.11 Å². The molecule has 0 amide bonds. The Morgan fingerprint density at radius 1 is 1.36 bits per heavy atom. The van der Waals surface area contributed by atoms with E-state index >= 15 is 0 Å². The molecule has 0 saturated carbocycles. The Labute approximate surface area is 61.6 Å². The summed E-state index contributed by atoms with van der Waals surface area (Å²) >= 11 is 0. The first-order valence-electron chi connectivity index (χ1n) is 2.68. The maximum atomic E-state index is 10.3. The van der Waals surface area contributed by atoms with Crippen molar-refractivity contribution in [3.05, 3.63) is 0 Å². The van der Waals surface area contributed by atoms with Gasteiger partial charge in [0.2, 0.25) is 0 Å². The van der Waals surface area contributed by atoms with Crippen molar-refractivity contribution in [2.24, 2.45) is 0 Å². The lowest BCUT2D eigenvalue weighted by Gasteiger charge is -1.94. The van der Waals surface area contributed by atoms with Crippen molar-refractivity contribution < 1.29 is 29.3 Å². The van der Waals surface area contributed by atoms with E-state index in [9.17, 15) is 14.4 Å². The zero-order valence-corrected chi connectivity index (χ0v) is 5.48. The fourth-order valence-electron chi connectivity index (χ4n) is 0.324. The van der Waals surface area contributed by atoms with E-state index in [2.05, 4.69) is 9.78 Å². The number of hydrogen-bond donors (Lipinski definition) is 1. The molecule has 0 rings (SSSR count). The molecular weight excluding hydrogens is 156 g/mol. The number of carboxylic acids is 1. The van der Waals surface area contributed by atoms with Crippen molar-refractivity contribution in [1.82, 2.24) is 0 Å². The second kappa shape index (κ2) is 5.21. The monoisotopic (exact) mass is 162 g/mol. The maximum absolute atomic E-state index is 10.3. The van der Waals surface area contributed by atoms with Gasteiger partial charge < -0.3 is 5.11 Å². The summed E-state index contributed by atoms with van der Waals surface area (Å²) in [5.41, 5.74) is 0. The first kappa shape index (κ1) is 9.41. The van der Waals surface area contributed by atoms with Crippen LogP contribution in [0.25, 0.3) is 0 Å². The van der Waals surface area contributed by atoms with E-state index in [1.165, 1.54) is 0 Å². The van der Waals surface area contributed by atoms with Gasteiger partial charge in [0.15, 0.2) is 0 Å². The fraction of sp³-hybridized carbons (Fsp3) is 0.400. The highest BCUT2D eigenvalue weighted by Crippen LogP contribution is 1.91. The first-order chi connectivity index (χ1) is 5.16. The number of carbonyl (C=O) groups is 3. The summed E-state index contributed by atoms with van der Waals surface area (Å²) in [6, 6.07) is 0. The summed E-state index contributed by atoms with van der Waals surface area (Å²) in [6.45, 7) is -0.0708. The highest BCUT2D eigenvalue weighted by molar-refractivity contribution is 5.76. The lowest BCUT2D eigenvalue weighted by molar-refractivity contribution is -0.248. The summed E-state index contributed by atoms with van der Waals surface area (Å²) < 4.78 is 0. The molecule has 0 bridgehead atoms. The third-order valence-electron chi connectivity index (χ3n) is 0.723. The molecule has 0 aromatic heterocycles. The molecule has 0 atom stereocenters. The van der Waals surface area contributed by atoms with Crippen LogP contribution >= 0.6 is 0 Å². The van der Waals surface area contributed by atoms with Crippen LogP contribution in [0.5, 0.6) is 0 Å². The number of hydrogen-bond acceptors (Lipinski definition) is 5. The van der Waals surface area contributed by atoms with Gasteiger partial charge in [-0.1, -0.05) is 0 Å². The Kier molecular flexibility index (Phi) is 4.46. The molecule has 0 aliphatic heterocycles. The lowest BCUT2D eigenvalue weighted by atomic mass is 10.3. The summed E-state index contributed by atoms with van der Waals surface area (Å²) in [5, 5.41) is 8.07. The molecule has 0 spiro atoms. The van der Waals surface area contributed by atoms with E-state index in [1.807, 2.05) is 0 Å². The molecule has 0 aliphatic rings. The molecule has 6 nitrogen and oxygen atoms in total. The molecule has 0 unspecified atom stereocenters. The van der Waals surface area contributed by atoms with Gasteiger partial charge in [-0.25, -0.2) is 9.68 Å². The van der Waals surface area contributed by atoms with Crippen LogP contribution < -0.4 is 0 Å². The highest BCUT2D eigenvalue weighted by Gasteiger charge is 2.06. The Bertz CT molecular complexity index is 162. The van der Waals surface area contributed by atoms with Gasteiger partial charge in [-0.15, -0.1) is 0 Å². The van der Waals surface area contributed by atoms with E-state index in [-0.39, 0.29) is 19.3 Å². The van der Waals surface area contributed by atoms with Crippen molar-refractivity contribution in [1.29, 1.82) is 0 Å². The standard InChI is InChI=1S/C5H6O6/c6-3-10-11-5(9)2-1-4(7)8/h3H,1-2H2,(H,7,8). The zero-order valence-electron chi connectivity index (χ0n) is 5.48. The van der Waals surface area contributed by atoms with E-state index in [0.717, 1.165) is 0 Å². The molecule has 0 heterocycles. The number of aliphatic carboxylic acids is 1. The van der Waals surface area contributed by atoms with Gasteiger partial charge in [-0.3, -0.25) is 14.5 Å². The quantitative estimate of drug-likeness (QED) is 0.332. The van der Waals surface area contributed by atoms with Crippen LogP contribution in [0.15, 0.2) is 0 Å². The van der Waals surface area contributed by atoms with Crippen molar-refractivity contribution in [2.75, 3.05) is 0 Å². The minimum absolute atomic E-state index is 0.0708. The van der Waals surface area contributed by atoms with Crippen LogP contribution in [0.2, 0.25) is 0 Å². The van der Waals surface area contributed by atoms with Crippen LogP contribution in [0.3, 0.4) is 0 Å². The van der Waals surface area contributed by atoms with Gasteiger partial charge in [0, 0.05) is 0 Å². The number of carboxylic acid groups (broad SMARTS) is 1. The van der Waals surface area contributed by atoms with Crippen LogP contribution in [0.1, 0.15) is 12.8 Å². The SMILES string of the molecule is O=COOC(=O)CCC(=O)O. The van der Waals surface area contributed by atoms with Gasteiger partial charge >= 0.3 is 18.4 Å². The van der Waals surface area contributed by atoms with Gasteiger partial charge in [0.25, 0.3) is 0 Å². The maximum Gasteiger partial charge on any atom is 0.356 e. The molecule has 0 radical (unpaired) electrons. The van der Waals surface area contributed by atoms with Gasteiger partial charge in [-0.05, 0) is 0 Å². The predicted molar refractivity (Wildman–Crippen MR) is 30.1 cm³/mol. The van der Waals surface area contributed by atoms with E-state index < -0.39 is 11.9 Å². The Morgan fingerprint density at radius 3 is 2.45 bits per heavy atom. The van der Waals surface area contributed by atoms with Crippen LogP contribution in [-0.2, 0) is 24.2 Å². The minimum Gasteiger partial charge on any atom is -0.481 e. The average molecular weight is 162 g/mol. The third-order valence-corrected chi connectivity index (χ3v) is 0.723. The molecule has 0 saturated heterocycles. The Hall–Kier alpha value is -1.59. The molecule has 11 heavy (non-hydrogen) atoms. The smallest absolute Gasteiger partial charge is 0.356 e. The van der Waals surface area contributed by atoms with Crippen molar-refractivity contribution in [2.45, 2.75) is 12.8 Å². The number of rotatable bonds is 5. The second-order valence-electron chi connectivity index (χ2n) is 1.54. The summed E-state index contributed by atoms with van der Waals surface area (Å²) in [5.74, 6) is -2.01. The van der Waals surface area contributed by atoms with Gasteiger partial charge in [-0.2, -0.15) is 0 Å². The molecule has 1 N–H and O–H groups in total. The predicted octanol–water partition coefficient (Wildman–Crippen LogP) is -0.518. The Morgan fingerprint density at radius 2 is 2.00 bits per heavy atom. The normalized spacial score (nSPS) is 8.36. The largest absolute Gasteiger partial charge is 0.481 e. The average Bonchev–Trinajstić information content (AvgIpc) is 1.97. The zero-order chi connectivity index (χ0) is 8.69. The van der Waals surface area contributed by atoms with Crippen LogP contribution in [0.4, 0.5) is 0 Å². The molecule has 0 aromatic carbocycles. The molecular formula is C5H6O6. The number of carbonyl (C=O) groups excluding carboxylic acids is 2. The fourth-order valence-corrected chi connectivity index (χ4v) is 0.324.